The number of benzene rings is 1. The zero-order chi connectivity index (χ0) is 11.5. The maximum atomic E-state index is 11.9. The van der Waals surface area contributed by atoms with Gasteiger partial charge in [0.2, 0.25) is 5.78 Å². The molecule has 2 N–H and O–H groups in total. The van der Waals surface area contributed by atoms with E-state index in [1.807, 2.05) is 0 Å². The Bertz CT molecular complexity index is 508. The summed E-state index contributed by atoms with van der Waals surface area (Å²) in [6, 6.07) is 4.68. The molecule has 6 heteroatoms. The Morgan fingerprint density at radius 1 is 1.50 bits per heavy atom. The topological polar surface area (TPSA) is 88.1 Å². The second-order valence-corrected chi connectivity index (χ2v) is 3.04. The molecule has 0 unspecified atom stereocenters. The average molecular weight is 219 g/mol. The van der Waals surface area contributed by atoms with Gasteiger partial charge >= 0.3 is 0 Å². The van der Waals surface area contributed by atoms with Crippen molar-refractivity contribution in [3.8, 4) is 11.5 Å². The monoisotopic (exact) mass is 219 g/mol. The molecule has 1 heterocycles. The summed E-state index contributed by atoms with van der Waals surface area (Å²) < 4.78 is 4.91. The van der Waals surface area contributed by atoms with E-state index in [0.717, 1.165) is 0 Å². The van der Waals surface area contributed by atoms with Crippen molar-refractivity contribution >= 4 is 5.78 Å². The maximum absolute atomic E-state index is 11.9. The zero-order valence-corrected chi connectivity index (χ0v) is 8.47. The van der Waals surface area contributed by atoms with Crippen LogP contribution in [0.4, 0.5) is 0 Å². The number of para-hydroxylation sites is 1. The predicted molar refractivity (Wildman–Crippen MR) is 54.5 cm³/mol. The molecule has 0 radical (unpaired) electrons. The van der Waals surface area contributed by atoms with E-state index in [2.05, 4.69) is 15.4 Å². The molecule has 0 saturated heterocycles. The van der Waals surface area contributed by atoms with E-state index in [0.29, 0.717) is 0 Å². The average Bonchev–Trinajstić information content (AvgIpc) is 2.82. The molecule has 82 valence electrons. The Hall–Kier alpha value is -2.37. The van der Waals surface area contributed by atoms with E-state index in [9.17, 15) is 9.90 Å². The van der Waals surface area contributed by atoms with E-state index in [4.69, 9.17) is 4.74 Å². The van der Waals surface area contributed by atoms with E-state index < -0.39 is 5.78 Å². The van der Waals surface area contributed by atoms with Crippen molar-refractivity contribution < 1.29 is 14.6 Å². The molecule has 1 aromatic heterocycles. The van der Waals surface area contributed by atoms with Crippen LogP contribution in [0.25, 0.3) is 0 Å². The summed E-state index contributed by atoms with van der Waals surface area (Å²) in [6.07, 6.45) is 1.29. The van der Waals surface area contributed by atoms with Crippen LogP contribution in [-0.2, 0) is 0 Å². The van der Waals surface area contributed by atoms with Crippen molar-refractivity contribution in [2.24, 2.45) is 0 Å². The van der Waals surface area contributed by atoms with Gasteiger partial charge in [0.1, 0.15) is 0 Å². The van der Waals surface area contributed by atoms with Crippen LogP contribution in [0.3, 0.4) is 0 Å². The fourth-order valence-corrected chi connectivity index (χ4v) is 1.32. The van der Waals surface area contributed by atoms with Crippen molar-refractivity contribution in [2.45, 2.75) is 0 Å². The van der Waals surface area contributed by atoms with E-state index >= 15 is 0 Å². The lowest BCUT2D eigenvalue weighted by Gasteiger charge is -2.06. The standard InChI is InChI=1S/C10H9N3O3/c1-16-8-4-2-3-6(10(8)15)9(14)7-5-11-13-12-7/h2-5,15H,1H3,(H,11,12,13). The number of phenols is 1. The molecule has 0 aliphatic carbocycles. The van der Waals surface area contributed by atoms with Gasteiger partial charge in [-0.25, -0.2) is 0 Å². The Kier molecular flexibility index (Phi) is 2.55. The predicted octanol–water partition coefficient (Wildman–Crippen LogP) is 0.750. The summed E-state index contributed by atoms with van der Waals surface area (Å²) in [7, 11) is 1.42. The summed E-state index contributed by atoms with van der Waals surface area (Å²) in [5, 5.41) is 19.3. The minimum atomic E-state index is -0.412. The summed E-state index contributed by atoms with van der Waals surface area (Å²) >= 11 is 0. The third-order valence-electron chi connectivity index (χ3n) is 2.11. The molecule has 0 aliphatic rings. The first kappa shape index (κ1) is 10.2. The van der Waals surface area contributed by atoms with Crippen LogP contribution in [0, 0.1) is 0 Å². The fraction of sp³-hybridized carbons (Fsp3) is 0.100. The van der Waals surface area contributed by atoms with E-state index in [1.54, 1.807) is 12.1 Å². The van der Waals surface area contributed by atoms with Crippen molar-refractivity contribution in [1.82, 2.24) is 15.4 Å². The molecule has 0 aliphatic heterocycles. The second kappa shape index (κ2) is 4.01. The Labute approximate surface area is 90.9 Å². The number of methoxy groups -OCH3 is 1. The SMILES string of the molecule is COc1cccc(C(=O)c2cn[nH]n2)c1O. The quantitative estimate of drug-likeness (QED) is 0.743. The van der Waals surface area contributed by atoms with Gasteiger partial charge in [-0.05, 0) is 12.1 Å². The number of hydrogen-bond acceptors (Lipinski definition) is 5. The number of ether oxygens (including phenoxy) is 1. The number of aromatic hydroxyl groups is 1. The highest BCUT2D eigenvalue weighted by Gasteiger charge is 2.18. The number of nitrogens with one attached hydrogen (secondary N) is 1. The number of aromatic nitrogens is 3. The maximum Gasteiger partial charge on any atom is 0.218 e. The van der Waals surface area contributed by atoms with Crippen LogP contribution in [0.2, 0.25) is 0 Å². The number of carbonyl (C=O) groups excluding carboxylic acids is 1. The van der Waals surface area contributed by atoms with Gasteiger partial charge in [-0.3, -0.25) is 4.79 Å². The molecule has 0 atom stereocenters. The zero-order valence-electron chi connectivity index (χ0n) is 8.47. The molecule has 2 rings (SSSR count). The van der Waals surface area contributed by atoms with Gasteiger partial charge in [0.25, 0.3) is 0 Å². The molecule has 0 saturated carbocycles. The lowest BCUT2D eigenvalue weighted by Crippen LogP contribution is -2.03. The molecule has 0 bridgehead atoms. The number of hydrogen-bond donors (Lipinski definition) is 2. The summed E-state index contributed by atoms with van der Waals surface area (Å²) in [6.45, 7) is 0. The smallest absolute Gasteiger partial charge is 0.218 e. The Balaban J connectivity index is 2.45. The summed E-state index contributed by atoms with van der Waals surface area (Å²) in [5.74, 6) is -0.363. The van der Waals surface area contributed by atoms with Gasteiger partial charge in [-0.2, -0.15) is 15.4 Å². The van der Waals surface area contributed by atoms with E-state index in [-0.39, 0.29) is 22.8 Å². The van der Waals surface area contributed by atoms with Gasteiger partial charge in [-0.15, -0.1) is 0 Å². The first-order chi connectivity index (χ1) is 7.74. The highest BCUT2D eigenvalue weighted by atomic mass is 16.5. The number of nitrogens with zero attached hydrogens (tertiary/aromatic N) is 2. The van der Waals surface area contributed by atoms with Crippen LogP contribution in [-0.4, -0.2) is 33.4 Å². The van der Waals surface area contributed by atoms with E-state index in [1.165, 1.54) is 19.4 Å². The third-order valence-corrected chi connectivity index (χ3v) is 2.11. The largest absolute Gasteiger partial charge is 0.504 e. The fourth-order valence-electron chi connectivity index (χ4n) is 1.32. The minimum absolute atomic E-state index is 0.133. The second-order valence-electron chi connectivity index (χ2n) is 3.04. The van der Waals surface area contributed by atoms with Gasteiger partial charge in [0.05, 0.1) is 18.9 Å². The van der Waals surface area contributed by atoms with Crippen LogP contribution in [0.5, 0.6) is 11.5 Å². The number of rotatable bonds is 3. The number of carbonyl (C=O) groups is 1. The van der Waals surface area contributed by atoms with Crippen molar-refractivity contribution in [2.75, 3.05) is 7.11 Å². The minimum Gasteiger partial charge on any atom is -0.504 e. The molecule has 1 aromatic carbocycles. The lowest BCUT2D eigenvalue weighted by atomic mass is 10.1. The van der Waals surface area contributed by atoms with Crippen molar-refractivity contribution in [3.63, 3.8) is 0 Å². The Morgan fingerprint density at radius 2 is 2.31 bits per heavy atom. The highest BCUT2D eigenvalue weighted by molar-refractivity contribution is 6.09. The molecular weight excluding hydrogens is 210 g/mol. The number of aromatic amines is 1. The summed E-state index contributed by atoms with van der Waals surface area (Å²) in [4.78, 5) is 11.9. The van der Waals surface area contributed by atoms with Gasteiger partial charge in [-0.1, -0.05) is 6.07 Å². The highest BCUT2D eigenvalue weighted by Crippen LogP contribution is 2.30. The van der Waals surface area contributed by atoms with Crippen LogP contribution in [0.15, 0.2) is 24.4 Å². The van der Waals surface area contributed by atoms with Crippen LogP contribution in [0.1, 0.15) is 16.1 Å². The molecule has 2 aromatic rings. The lowest BCUT2D eigenvalue weighted by molar-refractivity contribution is 0.103. The molecule has 0 spiro atoms. The third kappa shape index (κ3) is 1.60. The molecule has 6 nitrogen and oxygen atoms in total. The van der Waals surface area contributed by atoms with Crippen molar-refractivity contribution in [1.29, 1.82) is 0 Å². The normalized spacial score (nSPS) is 10.1. The molecular formula is C10H9N3O3. The number of phenolic OH excluding ortho intramolecular Hbond substituents is 1. The van der Waals surface area contributed by atoms with Crippen molar-refractivity contribution in [3.05, 3.63) is 35.7 Å². The number of H-pyrrole nitrogens is 1. The molecule has 0 amide bonds. The van der Waals surface area contributed by atoms with Gasteiger partial charge < -0.3 is 9.84 Å². The van der Waals surface area contributed by atoms with Gasteiger partial charge in [0.15, 0.2) is 17.2 Å². The summed E-state index contributed by atoms with van der Waals surface area (Å²) in [5.41, 5.74) is 0.275. The molecule has 16 heavy (non-hydrogen) atoms. The number of ketones is 1. The van der Waals surface area contributed by atoms with Crippen LogP contribution < -0.4 is 4.74 Å². The first-order valence-corrected chi connectivity index (χ1v) is 4.50. The van der Waals surface area contributed by atoms with Crippen LogP contribution >= 0.6 is 0 Å². The molecule has 0 fully saturated rings. The first-order valence-electron chi connectivity index (χ1n) is 4.50. The van der Waals surface area contributed by atoms with Gasteiger partial charge in [0, 0.05) is 0 Å². The Morgan fingerprint density at radius 3 is 2.94 bits per heavy atom.